The second-order valence-corrected chi connectivity index (χ2v) is 1.66. The summed E-state index contributed by atoms with van der Waals surface area (Å²) in [5, 5.41) is 0.685. The molecule has 0 aromatic carbocycles. The average Bonchev–Trinajstić information content (AvgIpc) is 1.72. The highest BCUT2D eigenvalue weighted by Crippen LogP contribution is 2.31. The summed E-state index contributed by atoms with van der Waals surface area (Å²) >= 11 is 1.29. The van der Waals surface area contributed by atoms with E-state index in [1.807, 2.05) is 0 Å². The van der Waals surface area contributed by atoms with Crippen molar-refractivity contribution in [1.29, 1.82) is 0 Å². The second kappa shape index (κ2) is 0.562. The van der Waals surface area contributed by atoms with Gasteiger partial charge in [-0.25, -0.2) is 0 Å². The lowest BCUT2D eigenvalue weighted by atomic mass is 11.0. The van der Waals surface area contributed by atoms with Crippen LogP contribution in [0.2, 0.25) is 0 Å². The summed E-state index contributed by atoms with van der Waals surface area (Å²) < 4.78 is 8.43. The van der Waals surface area contributed by atoms with Crippen LogP contribution in [0.1, 0.15) is 0 Å². The van der Waals surface area contributed by atoms with Gasteiger partial charge in [0.15, 0.2) is 0 Å². The van der Waals surface area contributed by atoms with Crippen molar-refractivity contribution in [2.75, 3.05) is 0 Å². The van der Waals surface area contributed by atoms with Gasteiger partial charge in [0.1, 0.15) is 0 Å². The van der Waals surface area contributed by atoms with Crippen molar-refractivity contribution in [3.8, 4) is 11.2 Å². The molecular weight excluding hydrogens is 100 g/mol. The first-order chi connectivity index (χ1) is 2.95. The fourth-order valence-electron chi connectivity index (χ4n) is 0.319. The molecule has 0 atom stereocenters. The van der Waals surface area contributed by atoms with Crippen LogP contribution in [-0.4, -0.2) is 9.36 Å². The number of nitrogens with zero attached hydrogens (tertiary/aromatic N) is 2. The molecule has 30 valence electrons. The first-order valence-electron chi connectivity index (χ1n) is 1.47. The molecule has 0 saturated carbocycles. The molecule has 3 nitrogen and oxygen atoms in total. The minimum Gasteiger partial charge on any atom is -0.394 e. The normalized spacial score (nSPS) is 12.7. The predicted molar refractivity (Wildman–Crippen MR) is 20.0 cm³/mol. The maximum Gasteiger partial charge on any atom is 0.339 e. The predicted octanol–water partition coefficient (Wildman–Crippen LogP) is 0.644. The standard InChI is InChI=1S/C2N2OS/c3-1-4-6-2(3)5-1. The molecule has 2 bridgehead atoms. The fourth-order valence-corrected chi connectivity index (χ4v) is 0.784. The zero-order valence-corrected chi connectivity index (χ0v) is 3.53. The molecule has 0 fully saturated rings. The summed E-state index contributed by atoms with van der Waals surface area (Å²) in [7, 11) is 0. The monoisotopic (exact) mass is 100.0 g/mol. The van der Waals surface area contributed by atoms with Gasteiger partial charge in [-0.3, -0.25) is 0 Å². The molecule has 1 aromatic heterocycles. The van der Waals surface area contributed by atoms with E-state index < -0.39 is 0 Å². The quantitative estimate of drug-likeness (QED) is 0.487. The smallest absolute Gasteiger partial charge is 0.339 e. The van der Waals surface area contributed by atoms with Crippen molar-refractivity contribution in [3.05, 3.63) is 0 Å². The summed E-state index contributed by atoms with van der Waals surface area (Å²) in [6.45, 7) is 0. The Balaban J connectivity index is 2.95. The molecule has 4 heteroatoms. The lowest BCUT2D eigenvalue weighted by Gasteiger charge is -1.95. The van der Waals surface area contributed by atoms with E-state index in [1.165, 1.54) is 11.5 Å². The Morgan fingerprint density at radius 2 is 2.50 bits per heavy atom. The van der Waals surface area contributed by atoms with E-state index in [0.29, 0.717) is 11.2 Å². The third kappa shape index (κ3) is 0.122. The van der Waals surface area contributed by atoms with E-state index in [0.717, 1.165) is 0 Å². The Hall–Kier alpha value is -0.640. The van der Waals surface area contributed by atoms with E-state index in [-0.39, 0.29) is 0 Å². The SMILES string of the molecule is n1sc2nc1O2. The lowest BCUT2D eigenvalue weighted by molar-refractivity contribution is 0.390. The molecule has 3 heterocycles. The Kier molecular flexibility index (Phi) is 0.236. The zero-order valence-electron chi connectivity index (χ0n) is 2.71. The minimum atomic E-state index is 0.523. The number of hydrogen-bond donors (Lipinski definition) is 0. The van der Waals surface area contributed by atoms with Gasteiger partial charge >= 0.3 is 11.2 Å². The summed E-state index contributed by atoms with van der Waals surface area (Å²) in [6.07, 6.45) is 0. The highest BCUT2D eigenvalue weighted by molar-refractivity contribution is 7.08. The van der Waals surface area contributed by atoms with E-state index in [1.54, 1.807) is 0 Å². The van der Waals surface area contributed by atoms with E-state index in [2.05, 4.69) is 9.36 Å². The van der Waals surface area contributed by atoms with Gasteiger partial charge in [-0.1, -0.05) is 0 Å². The van der Waals surface area contributed by atoms with E-state index >= 15 is 0 Å². The van der Waals surface area contributed by atoms with Gasteiger partial charge in [0, 0.05) is 11.5 Å². The highest BCUT2D eigenvalue weighted by Gasteiger charge is 2.16. The molecule has 0 unspecified atom stereocenters. The molecule has 0 spiro atoms. The first-order valence-corrected chi connectivity index (χ1v) is 2.24. The van der Waals surface area contributed by atoms with Crippen LogP contribution in [-0.2, 0) is 0 Å². The molecule has 2 aliphatic heterocycles. The highest BCUT2D eigenvalue weighted by atomic mass is 32.1. The number of hydrogen-bond acceptors (Lipinski definition) is 4. The molecule has 6 heavy (non-hydrogen) atoms. The van der Waals surface area contributed by atoms with Gasteiger partial charge in [0.25, 0.3) is 0 Å². The van der Waals surface area contributed by atoms with Crippen LogP contribution in [0.15, 0.2) is 0 Å². The number of rotatable bonds is 0. The average molecular weight is 100 g/mol. The Morgan fingerprint density at radius 1 is 1.67 bits per heavy atom. The molecule has 2 aliphatic rings. The van der Waals surface area contributed by atoms with Crippen molar-refractivity contribution >= 4 is 11.5 Å². The van der Waals surface area contributed by atoms with Crippen LogP contribution < -0.4 is 4.74 Å². The number of aromatic nitrogens is 2. The molecule has 0 saturated heterocycles. The molecule has 1 aromatic rings. The Labute approximate surface area is 37.8 Å². The molecule has 3 rings (SSSR count). The van der Waals surface area contributed by atoms with Gasteiger partial charge < -0.3 is 4.74 Å². The van der Waals surface area contributed by atoms with Crippen LogP contribution >= 0.6 is 11.5 Å². The van der Waals surface area contributed by atoms with Crippen LogP contribution in [0.3, 0.4) is 0 Å². The van der Waals surface area contributed by atoms with Gasteiger partial charge in [-0.15, -0.1) is 9.36 Å². The van der Waals surface area contributed by atoms with Gasteiger partial charge in [0.05, 0.1) is 0 Å². The Morgan fingerprint density at radius 3 is 2.67 bits per heavy atom. The summed E-state index contributed by atoms with van der Waals surface area (Å²) in [4.78, 5) is 3.74. The number of ether oxygens (including phenoxy) is 1. The maximum atomic E-state index is 4.71. The molecule has 0 N–H and O–H groups in total. The molecular formula is C2N2OS. The van der Waals surface area contributed by atoms with Crippen LogP contribution in [0.4, 0.5) is 0 Å². The Bertz CT molecular complexity index is 148. The second-order valence-electron chi connectivity index (χ2n) is 0.945. The van der Waals surface area contributed by atoms with Crippen molar-refractivity contribution < 1.29 is 4.74 Å². The zero-order chi connectivity index (χ0) is 3.98. The van der Waals surface area contributed by atoms with Gasteiger partial charge in [-0.05, 0) is 0 Å². The first kappa shape index (κ1) is 2.52. The third-order valence-corrected chi connectivity index (χ3v) is 1.15. The fraction of sp³-hybridized carbons (Fsp3) is 0. The van der Waals surface area contributed by atoms with Crippen molar-refractivity contribution in [2.45, 2.75) is 0 Å². The van der Waals surface area contributed by atoms with Gasteiger partial charge in [-0.2, -0.15) is 0 Å². The lowest BCUT2D eigenvalue weighted by Crippen LogP contribution is -1.90. The van der Waals surface area contributed by atoms with Crippen molar-refractivity contribution in [2.24, 2.45) is 0 Å². The van der Waals surface area contributed by atoms with E-state index in [9.17, 15) is 0 Å². The topological polar surface area (TPSA) is 35.0 Å². The van der Waals surface area contributed by atoms with E-state index in [4.69, 9.17) is 4.74 Å². The van der Waals surface area contributed by atoms with Crippen molar-refractivity contribution in [1.82, 2.24) is 9.36 Å². The van der Waals surface area contributed by atoms with Crippen LogP contribution in [0.5, 0.6) is 11.2 Å². The van der Waals surface area contributed by atoms with Crippen molar-refractivity contribution in [3.63, 3.8) is 0 Å². The summed E-state index contributed by atoms with van der Waals surface area (Å²) in [6, 6.07) is 0.523. The van der Waals surface area contributed by atoms with Crippen LogP contribution in [0, 0.1) is 0 Å². The number of fused-ring (bicyclic) bond motifs is 1. The largest absolute Gasteiger partial charge is 0.394 e. The summed E-state index contributed by atoms with van der Waals surface area (Å²) in [5.41, 5.74) is 0. The van der Waals surface area contributed by atoms with Crippen LogP contribution in [0.25, 0.3) is 0 Å². The molecule has 0 amide bonds. The summed E-state index contributed by atoms with van der Waals surface area (Å²) in [5.74, 6) is 0. The molecule has 0 aliphatic carbocycles. The van der Waals surface area contributed by atoms with Gasteiger partial charge in [0.2, 0.25) is 0 Å². The third-order valence-electron chi connectivity index (χ3n) is 0.567. The maximum absolute atomic E-state index is 4.71. The molecule has 0 radical (unpaired) electrons. The minimum absolute atomic E-state index is 0.523.